The third kappa shape index (κ3) is 6.24. The van der Waals surface area contributed by atoms with E-state index in [1.54, 1.807) is 5.10 Å². The molecule has 0 aliphatic heterocycles. The first kappa shape index (κ1) is 29.7. The molecule has 0 amide bonds. The molecule has 0 spiro atoms. The van der Waals surface area contributed by atoms with Crippen LogP contribution in [0.25, 0.3) is 22.2 Å². The maximum atomic E-state index is 15.1. The number of H-pyrrole nitrogens is 1. The molecule has 9 nitrogen and oxygen atoms in total. The summed E-state index contributed by atoms with van der Waals surface area (Å²) in [5.41, 5.74) is -5.90. The Balaban J connectivity index is 1.56. The maximum Gasteiger partial charge on any atom is 0.423 e. The van der Waals surface area contributed by atoms with Gasteiger partial charge in [0.25, 0.3) is 11.1 Å². The highest BCUT2D eigenvalue weighted by atomic mass is 19.4. The number of rotatable bonds is 8. The van der Waals surface area contributed by atoms with Crippen LogP contribution < -0.4 is 16.4 Å². The standard InChI is InChI=1S/C26H24F6N6O3/c1-12(36-17-10-35-37-23(39)19(17)26(30,31)32)6-15(27)11-38-5-4-13-7-16(20(28)21(29)18(13)24(38)40)22-33-8-14(9-34-22)25(2,3)41/h4-5,7-10,12,15,41H,6,11H2,1-3H3,(H2,36,37,39)/t12-,15+/m0/s1. The summed E-state index contributed by atoms with van der Waals surface area (Å²) in [6.07, 6.45) is -2.74. The van der Waals surface area contributed by atoms with Crippen molar-refractivity contribution in [1.82, 2.24) is 24.7 Å². The summed E-state index contributed by atoms with van der Waals surface area (Å²) >= 11 is 0. The quantitative estimate of drug-likeness (QED) is 0.265. The van der Waals surface area contributed by atoms with E-state index in [9.17, 15) is 32.3 Å². The molecule has 4 rings (SSSR count). The molecule has 4 aromatic rings. The van der Waals surface area contributed by atoms with Crippen LogP contribution in [0.5, 0.6) is 0 Å². The summed E-state index contributed by atoms with van der Waals surface area (Å²) in [6, 6.07) is 1.51. The fraction of sp³-hybridized carbons (Fsp3) is 0.346. The Morgan fingerprint density at radius 3 is 2.37 bits per heavy atom. The number of halogens is 6. The number of fused-ring (bicyclic) bond motifs is 1. The molecule has 41 heavy (non-hydrogen) atoms. The largest absolute Gasteiger partial charge is 0.423 e. The van der Waals surface area contributed by atoms with E-state index in [1.165, 1.54) is 51.5 Å². The van der Waals surface area contributed by atoms with Gasteiger partial charge in [-0.3, -0.25) is 9.59 Å². The number of benzene rings is 1. The number of nitrogens with zero attached hydrogens (tertiary/aromatic N) is 4. The molecule has 3 N–H and O–H groups in total. The summed E-state index contributed by atoms with van der Waals surface area (Å²) in [5, 5.41) is 16.8. The van der Waals surface area contributed by atoms with Crippen molar-refractivity contribution >= 4 is 16.5 Å². The second-order valence-corrected chi connectivity index (χ2v) is 10.0. The van der Waals surface area contributed by atoms with Crippen molar-refractivity contribution < 1.29 is 31.4 Å². The average molecular weight is 583 g/mol. The molecule has 0 unspecified atom stereocenters. The number of hydrogen-bond donors (Lipinski definition) is 3. The van der Waals surface area contributed by atoms with E-state index in [1.807, 2.05) is 0 Å². The zero-order valence-electron chi connectivity index (χ0n) is 21.9. The zero-order chi connectivity index (χ0) is 30.3. The van der Waals surface area contributed by atoms with Crippen LogP contribution in [-0.2, 0) is 18.3 Å². The number of aromatic nitrogens is 5. The molecule has 0 radical (unpaired) electrons. The van der Waals surface area contributed by atoms with Crippen molar-refractivity contribution in [2.75, 3.05) is 5.32 Å². The van der Waals surface area contributed by atoms with E-state index in [0.29, 0.717) is 5.56 Å². The van der Waals surface area contributed by atoms with Gasteiger partial charge in [-0.2, -0.15) is 18.3 Å². The molecule has 0 saturated carbocycles. The van der Waals surface area contributed by atoms with Crippen molar-refractivity contribution in [3.05, 3.63) is 80.4 Å². The summed E-state index contributed by atoms with van der Waals surface area (Å²) in [6.45, 7) is 3.76. The number of pyridine rings is 1. The maximum absolute atomic E-state index is 15.1. The Morgan fingerprint density at radius 1 is 1.10 bits per heavy atom. The molecular formula is C26H24F6N6O3. The monoisotopic (exact) mass is 582 g/mol. The predicted octanol–water partition coefficient (Wildman–Crippen LogP) is 4.30. The molecular weight excluding hydrogens is 558 g/mol. The van der Waals surface area contributed by atoms with Crippen LogP contribution >= 0.6 is 0 Å². The number of nitrogens with one attached hydrogen (secondary N) is 2. The van der Waals surface area contributed by atoms with E-state index >= 15 is 8.78 Å². The Labute approximate surface area is 227 Å². The number of anilines is 1. The highest BCUT2D eigenvalue weighted by Crippen LogP contribution is 2.32. The van der Waals surface area contributed by atoms with Gasteiger partial charge in [0.05, 0.1) is 35.0 Å². The average Bonchev–Trinajstić information content (AvgIpc) is 2.86. The van der Waals surface area contributed by atoms with Crippen LogP contribution in [0.15, 0.2) is 46.5 Å². The normalized spacial score (nSPS) is 13.8. The van der Waals surface area contributed by atoms with Crippen LogP contribution in [0.2, 0.25) is 0 Å². The highest BCUT2D eigenvalue weighted by Gasteiger charge is 2.37. The number of alkyl halides is 4. The summed E-state index contributed by atoms with van der Waals surface area (Å²) < 4.78 is 85.6. The smallest absolute Gasteiger partial charge is 0.386 e. The minimum atomic E-state index is -4.99. The molecule has 15 heteroatoms. The first-order valence-electron chi connectivity index (χ1n) is 12.2. The topological polar surface area (TPSA) is 126 Å². The molecule has 0 fully saturated rings. The molecule has 0 aliphatic rings. The van der Waals surface area contributed by atoms with Crippen LogP contribution in [0.4, 0.5) is 32.0 Å². The van der Waals surface area contributed by atoms with E-state index < -0.39 is 76.3 Å². The van der Waals surface area contributed by atoms with Crippen molar-refractivity contribution in [1.29, 1.82) is 0 Å². The van der Waals surface area contributed by atoms with Gasteiger partial charge < -0.3 is 15.0 Å². The molecule has 2 atom stereocenters. The minimum absolute atomic E-state index is 0.00207. The summed E-state index contributed by atoms with van der Waals surface area (Å²) in [4.78, 5) is 32.5. The van der Waals surface area contributed by atoms with E-state index in [2.05, 4.69) is 20.4 Å². The van der Waals surface area contributed by atoms with Gasteiger partial charge in [-0.1, -0.05) is 0 Å². The van der Waals surface area contributed by atoms with E-state index in [4.69, 9.17) is 0 Å². The van der Waals surface area contributed by atoms with Gasteiger partial charge in [0.2, 0.25) is 0 Å². The third-order valence-electron chi connectivity index (χ3n) is 6.29. The van der Waals surface area contributed by atoms with Crippen molar-refractivity contribution in [2.24, 2.45) is 0 Å². The van der Waals surface area contributed by atoms with Crippen LogP contribution in [0, 0.1) is 11.6 Å². The van der Waals surface area contributed by atoms with Gasteiger partial charge in [0.15, 0.2) is 17.5 Å². The first-order chi connectivity index (χ1) is 19.1. The molecule has 0 bridgehead atoms. The Bertz CT molecular complexity index is 1700. The summed E-state index contributed by atoms with van der Waals surface area (Å²) in [7, 11) is 0. The van der Waals surface area contributed by atoms with Gasteiger partial charge in [-0.15, -0.1) is 0 Å². The highest BCUT2D eigenvalue weighted by molar-refractivity contribution is 5.86. The lowest BCUT2D eigenvalue weighted by molar-refractivity contribution is -0.138. The van der Waals surface area contributed by atoms with Gasteiger partial charge >= 0.3 is 6.18 Å². The van der Waals surface area contributed by atoms with E-state index in [-0.39, 0.29) is 16.8 Å². The first-order valence-corrected chi connectivity index (χ1v) is 12.2. The van der Waals surface area contributed by atoms with E-state index in [0.717, 1.165) is 10.8 Å². The fourth-order valence-electron chi connectivity index (χ4n) is 4.25. The second-order valence-electron chi connectivity index (χ2n) is 10.0. The molecule has 1 aromatic carbocycles. The molecule has 3 heterocycles. The number of aromatic amines is 1. The van der Waals surface area contributed by atoms with Gasteiger partial charge in [-0.25, -0.2) is 28.2 Å². The number of aliphatic hydroxyl groups is 1. The van der Waals surface area contributed by atoms with Gasteiger partial charge in [0, 0.05) is 36.6 Å². The Hall–Kier alpha value is -4.27. The van der Waals surface area contributed by atoms with Crippen LogP contribution in [0.3, 0.4) is 0 Å². The molecule has 218 valence electrons. The summed E-state index contributed by atoms with van der Waals surface area (Å²) in [5.74, 6) is -3.07. The third-order valence-corrected chi connectivity index (χ3v) is 6.29. The van der Waals surface area contributed by atoms with Crippen molar-refractivity contribution in [3.8, 4) is 11.4 Å². The van der Waals surface area contributed by atoms with Crippen molar-refractivity contribution in [3.63, 3.8) is 0 Å². The minimum Gasteiger partial charge on any atom is -0.386 e. The Kier molecular flexibility index (Phi) is 7.94. The van der Waals surface area contributed by atoms with Gasteiger partial charge in [0.1, 0.15) is 11.7 Å². The SMILES string of the molecule is C[C@@H](C[C@@H](F)Cn1ccc2cc(-c3ncc(C(C)(C)O)cn3)c(F)c(F)c2c1=O)Nc1cn[nH]c(=O)c1C(F)(F)F. The molecule has 0 saturated heterocycles. The van der Waals surface area contributed by atoms with Gasteiger partial charge in [-0.05, 0) is 38.3 Å². The van der Waals surface area contributed by atoms with Crippen LogP contribution in [0.1, 0.15) is 38.3 Å². The zero-order valence-corrected chi connectivity index (χ0v) is 21.9. The lowest BCUT2D eigenvalue weighted by atomic mass is 10.0. The predicted molar refractivity (Wildman–Crippen MR) is 137 cm³/mol. The van der Waals surface area contributed by atoms with Crippen molar-refractivity contribution in [2.45, 2.75) is 57.7 Å². The van der Waals surface area contributed by atoms with Crippen LogP contribution in [-0.4, -0.2) is 42.1 Å². The fourth-order valence-corrected chi connectivity index (χ4v) is 4.25. The molecule has 0 aliphatic carbocycles. The Morgan fingerprint density at radius 2 is 1.76 bits per heavy atom. The lowest BCUT2D eigenvalue weighted by Crippen LogP contribution is -2.30. The lowest BCUT2D eigenvalue weighted by Gasteiger charge is -2.20. The second kappa shape index (κ2) is 11.0. The number of hydrogen-bond acceptors (Lipinski definition) is 7. The molecule has 3 aromatic heterocycles.